The molecule has 3 heteroatoms. The fourth-order valence-electron chi connectivity index (χ4n) is 2.68. The largest absolute Gasteiger partial charge is 0.481 e. The maximum Gasteiger partial charge on any atom is 0.260 e. The van der Waals surface area contributed by atoms with Crippen molar-refractivity contribution in [2.75, 3.05) is 0 Å². The minimum Gasteiger partial charge on any atom is -0.481 e. The second-order valence-electron chi connectivity index (χ2n) is 7.03. The first-order valence-corrected chi connectivity index (χ1v) is 7.94. The molecule has 0 saturated heterocycles. The molecule has 0 aliphatic heterocycles. The summed E-state index contributed by atoms with van der Waals surface area (Å²) in [4.78, 5) is 12.1. The van der Waals surface area contributed by atoms with Gasteiger partial charge in [-0.25, -0.2) is 0 Å². The Balaban J connectivity index is 1.95. The van der Waals surface area contributed by atoms with Crippen molar-refractivity contribution in [3.05, 3.63) is 29.8 Å². The number of amides is 1. The first kappa shape index (κ1) is 15.9. The summed E-state index contributed by atoms with van der Waals surface area (Å²) in [7, 11) is 0. The summed E-state index contributed by atoms with van der Waals surface area (Å²) in [6.07, 6.45) is 4.17. The molecule has 0 heterocycles. The van der Waals surface area contributed by atoms with E-state index >= 15 is 0 Å². The highest BCUT2D eigenvalue weighted by atomic mass is 16.5. The molecule has 1 aliphatic carbocycles. The summed E-state index contributed by atoms with van der Waals surface area (Å²) in [5, 5.41) is 3.08. The molecule has 3 nitrogen and oxygen atoms in total. The molecule has 2 rings (SSSR count). The van der Waals surface area contributed by atoms with Crippen LogP contribution in [-0.2, 0) is 10.2 Å². The van der Waals surface area contributed by atoms with Gasteiger partial charge in [0.1, 0.15) is 5.75 Å². The topological polar surface area (TPSA) is 38.3 Å². The SMILES string of the molecule is CC(Oc1cccc(C(C)(C)C)c1)C(=O)NC1CCCC1. The van der Waals surface area contributed by atoms with Crippen LogP contribution < -0.4 is 10.1 Å². The summed E-state index contributed by atoms with van der Waals surface area (Å²) in [6.45, 7) is 8.32. The highest BCUT2D eigenvalue weighted by Gasteiger charge is 2.22. The van der Waals surface area contributed by atoms with Gasteiger partial charge in [0.15, 0.2) is 6.10 Å². The quantitative estimate of drug-likeness (QED) is 0.915. The van der Waals surface area contributed by atoms with Crippen LogP contribution in [0.5, 0.6) is 5.75 Å². The Kier molecular flexibility index (Phi) is 4.92. The Hall–Kier alpha value is -1.51. The van der Waals surface area contributed by atoms with Gasteiger partial charge in [-0.15, -0.1) is 0 Å². The van der Waals surface area contributed by atoms with Gasteiger partial charge in [-0.05, 0) is 42.9 Å². The second kappa shape index (κ2) is 6.50. The Morgan fingerprint density at radius 1 is 1.29 bits per heavy atom. The maximum atomic E-state index is 12.1. The molecule has 0 bridgehead atoms. The van der Waals surface area contributed by atoms with Crippen LogP contribution >= 0.6 is 0 Å². The molecular weight excluding hydrogens is 262 g/mol. The third kappa shape index (κ3) is 4.48. The average Bonchev–Trinajstić information content (AvgIpc) is 2.91. The van der Waals surface area contributed by atoms with Crippen molar-refractivity contribution in [1.82, 2.24) is 5.32 Å². The lowest BCUT2D eigenvalue weighted by molar-refractivity contribution is -0.127. The number of rotatable bonds is 4. The number of hydrogen-bond donors (Lipinski definition) is 1. The smallest absolute Gasteiger partial charge is 0.260 e. The van der Waals surface area contributed by atoms with Crippen molar-refractivity contribution in [2.24, 2.45) is 0 Å². The van der Waals surface area contributed by atoms with Gasteiger partial charge in [0.05, 0.1) is 0 Å². The summed E-state index contributed by atoms with van der Waals surface area (Å²) in [6, 6.07) is 8.35. The number of carbonyl (C=O) groups is 1. The van der Waals surface area contributed by atoms with Gasteiger partial charge < -0.3 is 10.1 Å². The van der Waals surface area contributed by atoms with Gasteiger partial charge in [-0.1, -0.05) is 45.7 Å². The fraction of sp³-hybridized carbons (Fsp3) is 0.611. The van der Waals surface area contributed by atoms with Crippen LogP contribution in [-0.4, -0.2) is 18.1 Å². The maximum absolute atomic E-state index is 12.1. The Labute approximate surface area is 128 Å². The molecule has 0 spiro atoms. The Morgan fingerprint density at radius 3 is 2.57 bits per heavy atom. The van der Waals surface area contributed by atoms with Crippen molar-refractivity contribution >= 4 is 5.91 Å². The third-order valence-electron chi connectivity index (χ3n) is 4.08. The number of ether oxygens (including phenoxy) is 1. The van der Waals surface area contributed by atoms with E-state index in [2.05, 4.69) is 32.2 Å². The molecule has 1 amide bonds. The van der Waals surface area contributed by atoms with Gasteiger partial charge in [0.2, 0.25) is 0 Å². The predicted octanol–water partition coefficient (Wildman–Crippen LogP) is 3.81. The molecule has 116 valence electrons. The molecule has 1 N–H and O–H groups in total. The minimum absolute atomic E-state index is 0.0111. The average molecular weight is 289 g/mol. The van der Waals surface area contributed by atoms with E-state index in [0.29, 0.717) is 6.04 Å². The molecule has 1 unspecified atom stereocenters. The number of nitrogens with one attached hydrogen (secondary N) is 1. The molecule has 21 heavy (non-hydrogen) atoms. The van der Waals surface area contributed by atoms with Crippen LogP contribution in [0.4, 0.5) is 0 Å². The normalized spacial score (nSPS) is 17.5. The van der Waals surface area contributed by atoms with E-state index in [0.717, 1.165) is 18.6 Å². The van der Waals surface area contributed by atoms with E-state index in [9.17, 15) is 4.79 Å². The van der Waals surface area contributed by atoms with E-state index in [1.807, 2.05) is 25.1 Å². The van der Waals surface area contributed by atoms with E-state index in [1.165, 1.54) is 18.4 Å². The zero-order valence-electron chi connectivity index (χ0n) is 13.6. The summed E-state index contributed by atoms with van der Waals surface area (Å²) < 4.78 is 5.81. The van der Waals surface area contributed by atoms with Gasteiger partial charge in [-0.3, -0.25) is 4.79 Å². The second-order valence-corrected chi connectivity index (χ2v) is 7.03. The summed E-state index contributed by atoms with van der Waals surface area (Å²) in [5.74, 6) is 0.750. The lowest BCUT2D eigenvalue weighted by atomic mass is 9.87. The van der Waals surface area contributed by atoms with Crippen LogP contribution in [0.25, 0.3) is 0 Å². The van der Waals surface area contributed by atoms with Gasteiger partial charge in [-0.2, -0.15) is 0 Å². The summed E-state index contributed by atoms with van der Waals surface area (Å²) in [5.41, 5.74) is 1.29. The van der Waals surface area contributed by atoms with E-state index in [1.54, 1.807) is 0 Å². The first-order chi connectivity index (χ1) is 9.86. The Morgan fingerprint density at radius 2 is 1.95 bits per heavy atom. The Bertz CT molecular complexity index is 484. The molecule has 1 aromatic carbocycles. The van der Waals surface area contributed by atoms with Crippen molar-refractivity contribution < 1.29 is 9.53 Å². The van der Waals surface area contributed by atoms with Crippen LogP contribution in [0.1, 0.15) is 58.9 Å². The van der Waals surface area contributed by atoms with E-state index < -0.39 is 6.10 Å². The number of hydrogen-bond acceptors (Lipinski definition) is 2. The van der Waals surface area contributed by atoms with Crippen LogP contribution in [0.2, 0.25) is 0 Å². The zero-order chi connectivity index (χ0) is 15.5. The standard InChI is InChI=1S/C18H27NO2/c1-13(17(20)19-15-9-5-6-10-15)21-16-11-7-8-14(12-16)18(2,3)4/h7-8,11-13,15H,5-6,9-10H2,1-4H3,(H,19,20). The van der Waals surface area contributed by atoms with Crippen molar-refractivity contribution in [2.45, 2.75) is 70.9 Å². The monoisotopic (exact) mass is 289 g/mol. The minimum atomic E-state index is -0.458. The van der Waals surface area contributed by atoms with Gasteiger partial charge in [0.25, 0.3) is 5.91 Å². The fourth-order valence-corrected chi connectivity index (χ4v) is 2.68. The van der Waals surface area contributed by atoms with Gasteiger partial charge in [0, 0.05) is 6.04 Å². The zero-order valence-corrected chi connectivity index (χ0v) is 13.6. The van der Waals surface area contributed by atoms with Gasteiger partial charge >= 0.3 is 0 Å². The third-order valence-corrected chi connectivity index (χ3v) is 4.08. The predicted molar refractivity (Wildman–Crippen MR) is 85.6 cm³/mol. The molecular formula is C18H27NO2. The molecule has 0 aromatic heterocycles. The lowest BCUT2D eigenvalue weighted by Gasteiger charge is -2.21. The molecule has 1 saturated carbocycles. The lowest BCUT2D eigenvalue weighted by Crippen LogP contribution is -2.41. The first-order valence-electron chi connectivity index (χ1n) is 7.94. The highest BCUT2D eigenvalue weighted by molar-refractivity contribution is 5.81. The van der Waals surface area contributed by atoms with Crippen molar-refractivity contribution in [3.63, 3.8) is 0 Å². The van der Waals surface area contributed by atoms with Crippen LogP contribution in [0.3, 0.4) is 0 Å². The van der Waals surface area contributed by atoms with Crippen LogP contribution in [0.15, 0.2) is 24.3 Å². The highest BCUT2D eigenvalue weighted by Crippen LogP contribution is 2.26. The summed E-state index contributed by atoms with van der Waals surface area (Å²) >= 11 is 0. The van der Waals surface area contributed by atoms with Crippen LogP contribution in [0, 0.1) is 0 Å². The van der Waals surface area contributed by atoms with Crippen molar-refractivity contribution in [3.8, 4) is 5.75 Å². The van der Waals surface area contributed by atoms with Crippen molar-refractivity contribution in [1.29, 1.82) is 0 Å². The number of carbonyl (C=O) groups excluding carboxylic acids is 1. The molecule has 0 radical (unpaired) electrons. The molecule has 1 aliphatic rings. The number of benzene rings is 1. The molecule has 1 aromatic rings. The molecule has 1 fully saturated rings. The van der Waals surface area contributed by atoms with E-state index in [-0.39, 0.29) is 11.3 Å². The van der Waals surface area contributed by atoms with E-state index in [4.69, 9.17) is 4.74 Å². The molecule has 1 atom stereocenters.